The van der Waals surface area contributed by atoms with Gasteiger partial charge in [0.15, 0.2) is 0 Å². The lowest BCUT2D eigenvalue weighted by molar-refractivity contribution is -0.156. The predicted molar refractivity (Wildman–Crippen MR) is 124 cm³/mol. The zero-order valence-corrected chi connectivity index (χ0v) is 19.8. The molecule has 0 radical (unpaired) electrons. The van der Waals surface area contributed by atoms with Crippen molar-refractivity contribution in [2.75, 3.05) is 13.1 Å². The molecule has 4 atom stereocenters. The summed E-state index contributed by atoms with van der Waals surface area (Å²) >= 11 is 6.01. The summed E-state index contributed by atoms with van der Waals surface area (Å²) in [6.07, 6.45) is 2.93. The standard InChI is InChI=1S/C25H35ClN2O3/c1-16-6-7-19(14-16)22(29)27-18(3)17(2)23(30)28-13-12-25(31,24(4,5)15-28)20-8-10-21(26)11-9-20/h8-11,17-19,31H,1,6-7,12-15H2,2-5H3,(H,27,29). The number of piperidine rings is 1. The predicted octanol–water partition coefficient (Wildman–Crippen LogP) is 4.28. The summed E-state index contributed by atoms with van der Waals surface area (Å²) < 4.78 is 0. The average molecular weight is 447 g/mol. The smallest absolute Gasteiger partial charge is 0.227 e. The highest BCUT2D eigenvalue weighted by Gasteiger charge is 2.50. The summed E-state index contributed by atoms with van der Waals surface area (Å²) in [5.41, 5.74) is 0.370. The lowest BCUT2D eigenvalue weighted by Crippen LogP contribution is -2.58. The maximum absolute atomic E-state index is 13.2. The van der Waals surface area contributed by atoms with Gasteiger partial charge < -0.3 is 15.3 Å². The molecule has 2 aliphatic rings. The van der Waals surface area contributed by atoms with E-state index in [0.29, 0.717) is 24.5 Å². The van der Waals surface area contributed by atoms with Gasteiger partial charge in [-0.25, -0.2) is 0 Å². The van der Waals surface area contributed by atoms with Crippen molar-refractivity contribution in [2.24, 2.45) is 17.3 Å². The van der Waals surface area contributed by atoms with E-state index in [0.717, 1.165) is 30.4 Å². The molecule has 1 saturated heterocycles. The summed E-state index contributed by atoms with van der Waals surface area (Å²) in [6, 6.07) is 7.04. The molecule has 0 aromatic heterocycles. The van der Waals surface area contributed by atoms with Crippen LogP contribution in [0.25, 0.3) is 0 Å². The van der Waals surface area contributed by atoms with E-state index in [2.05, 4.69) is 11.9 Å². The van der Waals surface area contributed by atoms with Crippen LogP contribution in [0.1, 0.15) is 58.9 Å². The lowest BCUT2D eigenvalue weighted by Gasteiger charge is -2.51. The molecule has 1 aliphatic heterocycles. The maximum atomic E-state index is 13.2. The molecule has 1 aromatic rings. The molecule has 1 heterocycles. The Labute approximate surface area is 190 Å². The molecule has 1 aliphatic carbocycles. The minimum atomic E-state index is -1.04. The first-order chi connectivity index (χ1) is 14.4. The highest BCUT2D eigenvalue weighted by atomic mass is 35.5. The molecule has 2 N–H and O–H groups in total. The number of rotatable bonds is 5. The Hall–Kier alpha value is -1.85. The number of carbonyl (C=O) groups excluding carboxylic acids is 2. The topological polar surface area (TPSA) is 69.6 Å². The zero-order valence-electron chi connectivity index (χ0n) is 19.1. The molecular formula is C25H35ClN2O3. The molecule has 31 heavy (non-hydrogen) atoms. The van der Waals surface area contributed by atoms with E-state index in [1.807, 2.05) is 44.7 Å². The van der Waals surface area contributed by atoms with E-state index in [-0.39, 0.29) is 29.7 Å². The Morgan fingerprint density at radius 3 is 2.45 bits per heavy atom. The van der Waals surface area contributed by atoms with Gasteiger partial charge in [-0.3, -0.25) is 9.59 Å². The largest absolute Gasteiger partial charge is 0.384 e. The van der Waals surface area contributed by atoms with Crippen LogP contribution in [0.3, 0.4) is 0 Å². The van der Waals surface area contributed by atoms with Gasteiger partial charge in [0.1, 0.15) is 0 Å². The second kappa shape index (κ2) is 8.95. The number of hydrogen-bond donors (Lipinski definition) is 2. The molecule has 6 heteroatoms. The van der Waals surface area contributed by atoms with Crippen LogP contribution in [0, 0.1) is 17.3 Å². The summed E-state index contributed by atoms with van der Waals surface area (Å²) in [4.78, 5) is 27.6. The minimum Gasteiger partial charge on any atom is -0.384 e. The van der Waals surface area contributed by atoms with E-state index < -0.39 is 11.0 Å². The van der Waals surface area contributed by atoms with Crippen molar-refractivity contribution < 1.29 is 14.7 Å². The number of nitrogens with one attached hydrogen (secondary N) is 1. The van der Waals surface area contributed by atoms with Gasteiger partial charge in [0.05, 0.1) is 11.5 Å². The Balaban J connectivity index is 1.64. The van der Waals surface area contributed by atoms with Gasteiger partial charge in [-0.2, -0.15) is 0 Å². The second-order valence-corrected chi connectivity index (χ2v) is 10.5. The molecule has 3 rings (SSSR count). The maximum Gasteiger partial charge on any atom is 0.227 e. The highest BCUT2D eigenvalue weighted by molar-refractivity contribution is 6.30. The molecule has 5 nitrogen and oxygen atoms in total. The summed E-state index contributed by atoms with van der Waals surface area (Å²) in [7, 11) is 0. The van der Waals surface area contributed by atoms with Crippen LogP contribution in [-0.2, 0) is 15.2 Å². The number of benzene rings is 1. The lowest BCUT2D eigenvalue weighted by atomic mass is 9.66. The van der Waals surface area contributed by atoms with Crippen molar-refractivity contribution in [3.05, 3.63) is 47.0 Å². The molecule has 1 saturated carbocycles. The number of halogens is 1. The number of carbonyl (C=O) groups is 2. The first-order valence-corrected chi connectivity index (χ1v) is 11.6. The summed E-state index contributed by atoms with van der Waals surface area (Å²) in [5.74, 6) is -0.344. The molecule has 170 valence electrons. The average Bonchev–Trinajstić information content (AvgIpc) is 3.15. The number of nitrogens with zero attached hydrogens (tertiary/aromatic N) is 1. The molecule has 0 spiro atoms. The number of aliphatic hydroxyl groups is 1. The summed E-state index contributed by atoms with van der Waals surface area (Å²) in [6.45, 7) is 12.6. The van der Waals surface area contributed by atoms with Gasteiger partial charge in [0, 0.05) is 35.5 Å². The molecule has 1 aromatic carbocycles. The minimum absolute atomic E-state index is 0.00913. The molecule has 0 bridgehead atoms. The Bertz CT molecular complexity index is 851. The fourth-order valence-corrected chi connectivity index (χ4v) is 5.02. The van der Waals surface area contributed by atoms with Crippen LogP contribution in [-0.4, -0.2) is 41.0 Å². The Morgan fingerprint density at radius 2 is 1.90 bits per heavy atom. The van der Waals surface area contributed by atoms with Crippen LogP contribution in [0.15, 0.2) is 36.4 Å². The molecule has 2 fully saturated rings. The number of hydrogen-bond acceptors (Lipinski definition) is 3. The van der Waals surface area contributed by atoms with E-state index in [9.17, 15) is 14.7 Å². The fraction of sp³-hybridized carbons (Fsp3) is 0.600. The number of allylic oxidation sites excluding steroid dienone is 1. The van der Waals surface area contributed by atoms with Gasteiger partial charge in [-0.15, -0.1) is 0 Å². The molecular weight excluding hydrogens is 412 g/mol. The number of amides is 2. The first kappa shape index (κ1) is 23.8. The third-order valence-electron chi connectivity index (χ3n) is 7.34. The van der Waals surface area contributed by atoms with E-state index >= 15 is 0 Å². The first-order valence-electron chi connectivity index (χ1n) is 11.2. The molecule has 4 unspecified atom stereocenters. The fourth-order valence-electron chi connectivity index (χ4n) is 4.89. The van der Waals surface area contributed by atoms with E-state index in [1.165, 1.54) is 0 Å². The second-order valence-electron chi connectivity index (χ2n) is 10.0. The molecule has 2 amide bonds. The Kier molecular flexibility index (Phi) is 6.87. The van der Waals surface area contributed by atoms with E-state index in [4.69, 9.17) is 11.6 Å². The van der Waals surface area contributed by atoms with Crippen molar-refractivity contribution in [3.8, 4) is 0 Å². The van der Waals surface area contributed by atoms with Gasteiger partial charge >= 0.3 is 0 Å². The highest BCUT2D eigenvalue weighted by Crippen LogP contribution is 2.46. The van der Waals surface area contributed by atoms with Crippen molar-refractivity contribution in [1.82, 2.24) is 10.2 Å². The zero-order chi connectivity index (χ0) is 23.0. The van der Waals surface area contributed by atoms with Crippen LogP contribution in [0.2, 0.25) is 5.02 Å². The van der Waals surface area contributed by atoms with Crippen molar-refractivity contribution >= 4 is 23.4 Å². The van der Waals surface area contributed by atoms with Gasteiger partial charge in [-0.1, -0.05) is 56.7 Å². The third-order valence-corrected chi connectivity index (χ3v) is 7.60. The summed E-state index contributed by atoms with van der Waals surface area (Å²) in [5, 5.41) is 15.2. The normalized spacial score (nSPS) is 27.6. The van der Waals surface area contributed by atoms with Crippen LogP contribution < -0.4 is 5.32 Å². The van der Waals surface area contributed by atoms with Gasteiger partial charge in [0.2, 0.25) is 11.8 Å². The van der Waals surface area contributed by atoms with Crippen molar-refractivity contribution in [1.29, 1.82) is 0 Å². The van der Waals surface area contributed by atoms with Crippen molar-refractivity contribution in [2.45, 2.75) is 65.0 Å². The van der Waals surface area contributed by atoms with Gasteiger partial charge in [0.25, 0.3) is 0 Å². The Morgan fingerprint density at radius 1 is 1.26 bits per heavy atom. The van der Waals surface area contributed by atoms with Crippen LogP contribution >= 0.6 is 11.6 Å². The quantitative estimate of drug-likeness (QED) is 0.663. The van der Waals surface area contributed by atoms with Crippen LogP contribution in [0.4, 0.5) is 0 Å². The third kappa shape index (κ3) is 4.83. The van der Waals surface area contributed by atoms with Gasteiger partial charge in [-0.05, 0) is 50.3 Å². The van der Waals surface area contributed by atoms with Crippen LogP contribution in [0.5, 0.6) is 0 Å². The SMILES string of the molecule is C=C1CCC(C(=O)NC(C)C(C)C(=O)N2CCC(O)(c3ccc(Cl)cc3)C(C)(C)C2)C1. The monoisotopic (exact) mass is 446 g/mol. The van der Waals surface area contributed by atoms with Crippen molar-refractivity contribution in [3.63, 3.8) is 0 Å². The number of likely N-dealkylation sites (tertiary alicyclic amines) is 1. The van der Waals surface area contributed by atoms with E-state index in [1.54, 1.807) is 12.1 Å².